The van der Waals surface area contributed by atoms with E-state index in [1.807, 2.05) is 0 Å². The second-order valence-corrected chi connectivity index (χ2v) is 3.90. The van der Waals surface area contributed by atoms with Crippen LogP contribution in [0.5, 0.6) is 0 Å². The molecule has 0 unspecified atom stereocenters. The number of nitrogens with one attached hydrogen (secondary N) is 1. The second-order valence-electron chi connectivity index (χ2n) is 3.90. The van der Waals surface area contributed by atoms with Crippen LogP contribution in [0.3, 0.4) is 0 Å². The van der Waals surface area contributed by atoms with Gasteiger partial charge in [0.25, 0.3) is 0 Å². The number of nitrogens with zero attached hydrogens (tertiary/aromatic N) is 3. The molecular weight excluding hydrogens is 273 g/mol. The van der Waals surface area contributed by atoms with Gasteiger partial charge in [0.1, 0.15) is 6.33 Å². The van der Waals surface area contributed by atoms with Crippen LogP contribution in [-0.4, -0.2) is 20.9 Å². The van der Waals surface area contributed by atoms with Gasteiger partial charge in [0, 0.05) is 24.9 Å². The van der Waals surface area contributed by atoms with Crippen LogP contribution in [0.1, 0.15) is 12.6 Å². The molecule has 0 saturated carbocycles. The van der Waals surface area contributed by atoms with Crippen LogP contribution in [0.15, 0.2) is 30.9 Å². The van der Waals surface area contributed by atoms with Gasteiger partial charge < -0.3 is 5.32 Å². The van der Waals surface area contributed by atoms with Gasteiger partial charge in [-0.05, 0) is 12.1 Å². The Labute approximate surface area is 111 Å². The minimum atomic E-state index is -4.68. The number of pyridine rings is 1. The molecule has 0 aliphatic rings. The quantitative estimate of drug-likeness (QED) is 0.919. The van der Waals surface area contributed by atoms with Gasteiger partial charge in [-0.1, -0.05) is 0 Å². The third-order valence-electron chi connectivity index (χ3n) is 2.33. The lowest BCUT2D eigenvalue weighted by atomic mass is 10.2. The Hall–Kier alpha value is -2.51. The molecule has 0 spiro atoms. The van der Waals surface area contributed by atoms with Crippen LogP contribution in [0.25, 0.3) is 11.3 Å². The fraction of sp³-hybridized carbons (Fsp3) is 0.167. The maximum atomic E-state index is 12.9. The molecule has 0 atom stereocenters. The maximum Gasteiger partial charge on any atom is 0.435 e. The van der Waals surface area contributed by atoms with Gasteiger partial charge in [-0.25, -0.2) is 15.0 Å². The first-order valence-corrected chi connectivity index (χ1v) is 5.49. The molecule has 0 aliphatic heterocycles. The van der Waals surface area contributed by atoms with Crippen molar-refractivity contribution < 1.29 is 18.0 Å². The summed E-state index contributed by atoms with van der Waals surface area (Å²) in [5, 5.41) is 2.11. The van der Waals surface area contributed by atoms with Crippen LogP contribution in [0.2, 0.25) is 0 Å². The van der Waals surface area contributed by atoms with E-state index in [2.05, 4.69) is 20.3 Å². The van der Waals surface area contributed by atoms with E-state index < -0.39 is 17.8 Å². The van der Waals surface area contributed by atoms with E-state index in [9.17, 15) is 18.0 Å². The van der Waals surface area contributed by atoms with E-state index in [-0.39, 0.29) is 11.4 Å². The van der Waals surface area contributed by atoms with Crippen LogP contribution < -0.4 is 5.32 Å². The highest BCUT2D eigenvalue weighted by atomic mass is 19.4. The zero-order chi connectivity index (χ0) is 14.8. The minimum absolute atomic E-state index is 0.0760. The monoisotopic (exact) mass is 282 g/mol. The standard InChI is InChI=1S/C12H9F3N4O/c1-7(20)18-10-3-2-9(8-4-16-6-17-5-8)19-11(10)12(13,14)15/h2-6H,1H3,(H,18,20). The summed E-state index contributed by atoms with van der Waals surface area (Å²) in [4.78, 5) is 21.9. The lowest BCUT2D eigenvalue weighted by Gasteiger charge is -2.13. The number of hydrogen-bond donors (Lipinski definition) is 1. The highest BCUT2D eigenvalue weighted by molar-refractivity contribution is 5.89. The summed E-state index contributed by atoms with van der Waals surface area (Å²) in [7, 11) is 0. The van der Waals surface area contributed by atoms with Gasteiger partial charge >= 0.3 is 6.18 Å². The summed E-state index contributed by atoms with van der Waals surface area (Å²) in [5.41, 5.74) is -1.11. The molecule has 2 heterocycles. The van der Waals surface area contributed by atoms with E-state index in [1.54, 1.807) is 0 Å². The van der Waals surface area contributed by atoms with Gasteiger partial charge in [-0.15, -0.1) is 0 Å². The molecule has 0 aromatic carbocycles. The molecule has 1 amide bonds. The van der Waals surface area contributed by atoms with E-state index in [1.165, 1.54) is 24.8 Å². The average Bonchev–Trinajstić information content (AvgIpc) is 2.38. The Balaban J connectivity index is 2.52. The summed E-state index contributed by atoms with van der Waals surface area (Å²) < 4.78 is 38.8. The van der Waals surface area contributed by atoms with E-state index >= 15 is 0 Å². The van der Waals surface area contributed by atoms with Crippen LogP contribution in [0.4, 0.5) is 18.9 Å². The molecule has 104 valence electrons. The van der Waals surface area contributed by atoms with Crippen molar-refractivity contribution in [1.29, 1.82) is 0 Å². The number of rotatable bonds is 2. The maximum absolute atomic E-state index is 12.9. The first-order chi connectivity index (χ1) is 9.38. The topological polar surface area (TPSA) is 67.8 Å². The Kier molecular flexibility index (Phi) is 3.64. The average molecular weight is 282 g/mol. The molecular formula is C12H9F3N4O. The number of carbonyl (C=O) groups excluding carboxylic acids is 1. The predicted molar refractivity (Wildman–Crippen MR) is 64.6 cm³/mol. The molecule has 0 fully saturated rings. The first kappa shape index (κ1) is 13.9. The zero-order valence-corrected chi connectivity index (χ0v) is 10.3. The summed E-state index contributed by atoms with van der Waals surface area (Å²) in [6.45, 7) is 1.12. The van der Waals surface area contributed by atoms with Crippen molar-refractivity contribution in [3.8, 4) is 11.3 Å². The summed E-state index contributed by atoms with van der Waals surface area (Å²) in [5.74, 6) is -0.604. The van der Waals surface area contributed by atoms with Crippen LogP contribution >= 0.6 is 0 Å². The Morgan fingerprint density at radius 1 is 1.20 bits per heavy atom. The fourth-order valence-corrected chi connectivity index (χ4v) is 1.56. The first-order valence-electron chi connectivity index (χ1n) is 5.49. The number of aromatic nitrogens is 3. The molecule has 2 rings (SSSR count). The van der Waals surface area contributed by atoms with Gasteiger partial charge in [-0.2, -0.15) is 13.2 Å². The Morgan fingerprint density at radius 2 is 1.85 bits per heavy atom. The Bertz CT molecular complexity index is 628. The molecule has 0 aliphatic carbocycles. The molecule has 1 N–H and O–H groups in total. The van der Waals surface area contributed by atoms with Crippen LogP contribution in [-0.2, 0) is 11.0 Å². The SMILES string of the molecule is CC(=O)Nc1ccc(-c2cncnc2)nc1C(F)(F)F. The number of amides is 1. The lowest BCUT2D eigenvalue weighted by Crippen LogP contribution is -2.16. The Morgan fingerprint density at radius 3 is 2.40 bits per heavy atom. The molecule has 0 saturated heterocycles. The number of anilines is 1. The predicted octanol–water partition coefficient (Wildman–Crippen LogP) is 2.52. The molecule has 8 heteroatoms. The highest BCUT2D eigenvalue weighted by Gasteiger charge is 2.36. The van der Waals surface area contributed by atoms with Crippen molar-refractivity contribution in [2.45, 2.75) is 13.1 Å². The van der Waals surface area contributed by atoms with Gasteiger partial charge in [-0.3, -0.25) is 4.79 Å². The highest BCUT2D eigenvalue weighted by Crippen LogP contribution is 2.34. The lowest BCUT2D eigenvalue weighted by molar-refractivity contribution is -0.140. The molecule has 20 heavy (non-hydrogen) atoms. The van der Waals surface area contributed by atoms with Crippen molar-refractivity contribution in [1.82, 2.24) is 15.0 Å². The van der Waals surface area contributed by atoms with Crippen molar-refractivity contribution in [2.75, 3.05) is 5.32 Å². The largest absolute Gasteiger partial charge is 0.435 e. The number of hydrogen-bond acceptors (Lipinski definition) is 4. The fourth-order valence-electron chi connectivity index (χ4n) is 1.56. The van der Waals surface area contributed by atoms with Crippen LogP contribution in [0, 0.1) is 0 Å². The van der Waals surface area contributed by atoms with Gasteiger partial charge in [0.15, 0.2) is 5.69 Å². The van der Waals surface area contributed by atoms with Crippen molar-refractivity contribution in [2.24, 2.45) is 0 Å². The molecule has 0 bridgehead atoms. The third kappa shape index (κ3) is 3.08. The summed E-state index contributed by atoms with van der Waals surface area (Å²) in [6, 6.07) is 2.51. The molecule has 5 nitrogen and oxygen atoms in total. The van der Waals surface area contributed by atoms with E-state index in [0.717, 1.165) is 13.0 Å². The molecule has 2 aromatic rings. The second kappa shape index (κ2) is 5.24. The molecule has 0 radical (unpaired) electrons. The van der Waals surface area contributed by atoms with Gasteiger partial charge in [0.05, 0.1) is 11.4 Å². The van der Waals surface area contributed by atoms with Crippen molar-refractivity contribution >= 4 is 11.6 Å². The van der Waals surface area contributed by atoms with E-state index in [0.29, 0.717) is 5.56 Å². The summed E-state index contributed by atoms with van der Waals surface area (Å²) in [6.07, 6.45) is -0.704. The third-order valence-corrected chi connectivity index (χ3v) is 2.33. The van der Waals surface area contributed by atoms with E-state index in [4.69, 9.17) is 0 Å². The normalized spacial score (nSPS) is 11.2. The number of carbonyl (C=O) groups is 1. The van der Waals surface area contributed by atoms with Crippen molar-refractivity contribution in [3.05, 3.63) is 36.5 Å². The molecule has 2 aromatic heterocycles. The minimum Gasteiger partial charge on any atom is -0.324 e. The smallest absolute Gasteiger partial charge is 0.324 e. The number of halogens is 3. The summed E-state index contributed by atoms with van der Waals surface area (Å²) >= 11 is 0. The van der Waals surface area contributed by atoms with Crippen molar-refractivity contribution in [3.63, 3.8) is 0 Å². The number of alkyl halides is 3. The zero-order valence-electron chi connectivity index (χ0n) is 10.3. The van der Waals surface area contributed by atoms with Gasteiger partial charge in [0.2, 0.25) is 5.91 Å².